The zero-order valence-corrected chi connectivity index (χ0v) is 33.6. The summed E-state index contributed by atoms with van der Waals surface area (Å²) in [6.07, 6.45) is 0. The Bertz CT molecular complexity index is 3520. The van der Waals surface area contributed by atoms with E-state index in [-0.39, 0.29) is 0 Å². The topological polar surface area (TPSA) is 48.5 Å². The summed E-state index contributed by atoms with van der Waals surface area (Å²) in [6, 6.07) is 78.9. The van der Waals surface area contributed by atoms with Crippen molar-refractivity contribution < 1.29 is 0 Å². The zero-order chi connectivity index (χ0) is 41.0. The maximum atomic E-state index is 5.69. The molecule has 0 spiro atoms. The fraction of sp³-hybridized carbons (Fsp3) is 0. The molecular weight excluding hydrogens is 755 g/mol. The number of benzene rings is 8. The molecule has 12 aromatic rings. The van der Waals surface area contributed by atoms with Gasteiger partial charge in [-0.3, -0.25) is 4.57 Å². The molecule has 0 fully saturated rings. The highest BCUT2D eigenvalue weighted by atomic mass is 15.1. The molecule has 5 heteroatoms. The maximum absolute atomic E-state index is 5.69. The van der Waals surface area contributed by atoms with Crippen LogP contribution in [0.2, 0.25) is 0 Å². The lowest BCUT2D eigenvalue weighted by Crippen LogP contribution is -1.98. The molecule has 0 radical (unpaired) electrons. The first-order valence-electron chi connectivity index (χ1n) is 21.0. The molecule has 8 aromatic carbocycles. The molecule has 290 valence electrons. The summed E-state index contributed by atoms with van der Waals surface area (Å²) < 4.78 is 4.75. The Balaban J connectivity index is 1.01. The molecule has 0 unspecified atom stereocenters. The molecule has 0 N–H and O–H groups in total. The summed E-state index contributed by atoms with van der Waals surface area (Å²) in [5.41, 5.74) is 15.6. The number of rotatable bonds is 7. The van der Waals surface area contributed by atoms with Crippen LogP contribution in [0.4, 0.5) is 0 Å². The highest BCUT2D eigenvalue weighted by Crippen LogP contribution is 2.45. The van der Waals surface area contributed by atoms with Gasteiger partial charge in [0.2, 0.25) is 0 Å². The van der Waals surface area contributed by atoms with Crippen LogP contribution in [0.15, 0.2) is 224 Å². The zero-order valence-electron chi connectivity index (χ0n) is 33.6. The third kappa shape index (κ3) is 5.90. The average molecular weight is 792 g/mol. The predicted molar refractivity (Wildman–Crippen MR) is 256 cm³/mol. The number of para-hydroxylation sites is 4. The Morgan fingerprint density at radius 1 is 0.306 bits per heavy atom. The van der Waals surface area contributed by atoms with Gasteiger partial charge >= 0.3 is 0 Å². The SMILES string of the molecule is c1ccc(-c2cc(-c3ccc(-c4ccc(-c5nc6c(c7ccccc7n6-c6ccccc6)c6c5c5ccccc5n6-c5ccccc5)cc4)cc3)nc(-c3ccccc3)n2)cc1. The van der Waals surface area contributed by atoms with Crippen LogP contribution >= 0.6 is 0 Å². The molecule has 0 aliphatic heterocycles. The van der Waals surface area contributed by atoms with Gasteiger partial charge in [0.05, 0.1) is 39.0 Å². The van der Waals surface area contributed by atoms with Gasteiger partial charge in [0.25, 0.3) is 0 Å². The van der Waals surface area contributed by atoms with Gasteiger partial charge in [-0.1, -0.05) is 182 Å². The van der Waals surface area contributed by atoms with Gasteiger partial charge in [-0.25, -0.2) is 15.0 Å². The van der Waals surface area contributed by atoms with Crippen molar-refractivity contribution in [1.29, 1.82) is 0 Å². The number of fused-ring (bicyclic) bond motifs is 7. The highest BCUT2D eigenvalue weighted by Gasteiger charge is 2.25. The Hall–Kier alpha value is -8.41. The van der Waals surface area contributed by atoms with Crippen molar-refractivity contribution in [2.75, 3.05) is 0 Å². The van der Waals surface area contributed by atoms with Gasteiger partial charge in [-0.2, -0.15) is 0 Å². The van der Waals surface area contributed by atoms with Gasteiger partial charge in [-0.15, -0.1) is 0 Å². The molecule has 4 aromatic heterocycles. The van der Waals surface area contributed by atoms with Crippen LogP contribution in [0.1, 0.15) is 0 Å². The molecule has 0 amide bonds. The minimum atomic E-state index is 0.707. The van der Waals surface area contributed by atoms with Gasteiger partial charge in [0, 0.05) is 49.8 Å². The monoisotopic (exact) mass is 791 g/mol. The van der Waals surface area contributed by atoms with Crippen molar-refractivity contribution in [1.82, 2.24) is 24.1 Å². The third-order valence-electron chi connectivity index (χ3n) is 11.9. The standard InChI is InChI=1S/C57H37N5/c1-5-17-40(18-6-1)48-37-49(59-56(58-48)43-19-7-2-8-20-43)41-33-29-38(30-34-41)39-31-35-42(36-32-39)54-52-46-25-13-15-27-50(46)61(44-21-9-3-10-22-44)55(52)53-47-26-14-16-28-51(47)62(57(53)60-54)45-23-11-4-12-24-45/h1-37H. The number of aromatic nitrogens is 5. The molecule has 62 heavy (non-hydrogen) atoms. The largest absolute Gasteiger partial charge is 0.308 e. The lowest BCUT2D eigenvalue weighted by molar-refractivity contribution is 1.14. The van der Waals surface area contributed by atoms with E-state index in [9.17, 15) is 0 Å². The summed E-state index contributed by atoms with van der Waals surface area (Å²) in [6.45, 7) is 0. The maximum Gasteiger partial charge on any atom is 0.160 e. The Morgan fingerprint density at radius 3 is 1.31 bits per heavy atom. The molecule has 0 aliphatic carbocycles. The Labute approximate surface area is 358 Å². The Morgan fingerprint density at radius 2 is 0.726 bits per heavy atom. The van der Waals surface area contributed by atoms with Crippen LogP contribution in [0.25, 0.3) is 111 Å². The van der Waals surface area contributed by atoms with Gasteiger partial charge in [-0.05, 0) is 53.6 Å². The van der Waals surface area contributed by atoms with Crippen LogP contribution in [0.5, 0.6) is 0 Å². The quantitative estimate of drug-likeness (QED) is 0.162. The third-order valence-corrected chi connectivity index (χ3v) is 11.9. The van der Waals surface area contributed by atoms with E-state index in [4.69, 9.17) is 15.0 Å². The van der Waals surface area contributed by atoms with Crippen molar-refractivity contribution in [3.05, 3.63) is 224 Å². The second-order valence-corrected chi connectivity index (χ2v) is 15.6. The van der Waals surface area contributed by atoms with E-state index < -0.39 is 0 Å². The molecule has 0 saturated carbocycles. The minimum absolute atomic E-state index is 0.707. The van der Waals surface area contributed by atoms with Gasteiger partial charge in [0.1, 0.15) is 5.65 Å². The first-order valence-corrected chi connectivity index (χ1v) is 21.0. The minimum Gasteiger partial charge on any atom is -0.308 e. The first-order chi connectivity index (χ1) is 30.8. The van der Waals surface area contributed by atoms with Crippen molar-refractivity contribution in [2.45, 2.75) is 0 Å². The number of pyridine rings is 1. The number of hydrogen-bond donors (Lipinski definition) is 0. The fourth-order valence-corrected chi connectivity index (χ4v) is 9.06. The second-order valence-electron chi connectivity index (χ2n) is 15.6. The molecule has 0 bridgehead atoms. The van der Waals surface area contributed by atoms with E-state index in [2.05, 4.69) is 197 Å². The Kier molecular flexibility index (Phi) is 8.42. The highest BCUT2D eigenvalue weighted by molar-refractivity contribution is 6.28. The predicted octanol–water partition coefficient (Wildman–Crippen LogP) is 14.4. The average Bonchev–Trinajstić information content (AvgIpc) is 3.88. The summed E-state index contributed by atoms with van der Waals surface area (Å²) in [5, 5.41) is 4.61. The van der Waals surface area contributed by atoms with E-state index in [0.717, 1.165) is 94.8 Å². The first kappa shape index (κ1) is 35.5. The van der Waals surface area contributed by atoms with Crippen LogP contribution < -0.4 is 0 Å². The van der Waals surface area contributed by atoms with Crippen molar-refractivity contribution in [3.63, 3.8) is 0 Å². The van der Waals surface area contributed by atoms with Crippen LogP contribution in [0.3, 0.4) is 0 Å². The second kappa shape index (κ2) is 14.7. The summed E-state index contributed by atoms with van der Waals surface area (Å²) in [7, 11) is 0. The van der Waals surface area contributed by atoms with E-state index in [1.807, 2.05) is 36.4 Å². The van der Waals surface area contributed by atoms with Crippen molar-refractivity contribution >= 4 is 43.7 Å². The smallest absolute Gasteiger partial charge is 0.160 e. The molecule has 5 nitrogen and oxygen atoms in total. The van der Waals surface area contributed by atoms with Crippen LogP contribution in [-0.2, 0) is 0 Å². The summed E-state index contributed by atoms with van der Waals surface area (Å²) in [5.74, 6) is 0.707. The van der Waals surface area contributed by atoms with Crippen molar-refractivity contribution in [2.24, 2.45) is 0 Å². The number of hydrogen-bond acceptors (Lipinski definition) is 3. The molecule has 0 saturated heterocycles. The van der Waals surface area contributed by atoms with E-state index >= 15 is 0 Å². The van der Waals surface area contributed by atoms with E-state index in [0.29, 0.717) is 5.82 Å². The van der Waals surface area contributed by atoms with Crippen molar-refractivity contribution in [3.8, 4) is 67.7 Å². The molecule has 0 aliphatic rings. The normalized spacial score (nSPS) is 11.5. The lowest BCUT2D eigenvalue weighted by Gasteiger charge is -2.12. The van der Waals surface area contributed by atoms with Gasteiger partial charge in [0.15, 0.2) is 5.82 Å². The van der Waals surface area contributed by atoms with E-state index in [1.165, 1.54) is 10.8 Å². The van der Waals surface area contributed by atoms with E-state index in [1.54, 1.807) is 0 Å². The molecule has 0 atom stereocenters. The fourth-order valence-electron chi connectivity index (χ4n) is 9.06. The summed E-state index contributed by atoms with van der Waals surface area (Å²) >= 11 is 0. The molecule has 12 rings (SSSR count). The number of nitrogens with zero attached hydrogens (tertiary/aromatic N) is 5. The van der Waals surface area contributed by atoms with Crippen LogP contribution in [0, 0.1) is 0 Å². The van der Waals surface area contributed by atoms with Gasteiger partial charge < -0.3 is 4.57 Å². The molecular formula is C57H37N5. The summed E-state index contributed by atoms with van der Waals surface area (Å²) in [4.78, 5) is 15.7. The van der Waals surface area contributed by atoms with Crippen LogP contribution in [-0.4, -0.2) is 24.1 Å². The lowest BCUT2D eigenvalue weighted by atomic mass is 9.98. The molecule has 4 heterocycles.